The topological polar surface area (TPSA) is 295 Å². The van der Waals surface area contributed by atoms with E-state index in [1.54, 1.807) is 0 Å². The molecule has 1 radical (unpaired) electrons. The van der Waals surface area contributed by atoms with Crippen molar-refractivity contribution < 1.29 is 17.1 Å². The molecule has 0 spiro atoms. The molecule has 3 heterocycles. The molecule has 0 aliphatic rings. The van der Waals surface area contributed by atoms with E-state index in [4.69, 9.17) is 26.6 Å². The first-order valence-electron chi connectivity index (χ1n) is 12.1. The van der Waals surface area contributed by atoms with Gasteiger partial charge in [0.25, 0.3) is 0 Å². The third kappa shape index (κ3) is 32.1. The smallest absolute Gasteiger partial charge is 0.835 e. The molecule has 6 rings (SSSR count). The second kappa shape index (κ2) is 46.7. The van der Waals surface area contributed by atoms with Crippen molar-refractivity contribution in [3.63, 3.8) is 0 Å². The summed E-state index contributed by atoms with van der Waals surface area (Å²) in [7, 11) is 0. The Morgan fingerprint density at radius 1 is 0.460 bits per heavy atom. The fourth-order valence-corrected chi connectivity index (χ4v) is 3.05. The zero-order valence-corrected chi connectivity index (χ0v) is 31.9. The summed E-state index contributed by atoms with van der Waals surface area (Å²) in [6.07, 6.45) is 5.42. The van der Waals surface area contributed by atoms with Crippen molar-refractivity contribution in [2.75, 3.05) is 0 Å². The van der Waals surface area contributed by atoms with Crippen molar-refractivity contribution in [2.45, 2.75) is 0 Å². The number of nitriles is 3. The van der Waals surface area contributed by atoms with Gasteiger partial charge in [-0.3, -0.25) is 15.0 Å². The number of rotatable bonds is 0. The average molecular weight is 815 g/mol. The second-order valence-electron chi connectivity index (χ2n) is 7.10. The van der Waals surface area contributed by atoms with Crippen LogP contribution in [0.2, 0.25) is 0 Å². The van der Waals surface area contributed by atoms with E-state index < -0.39 is 0 Å². The van der Waals surface area contributed by atoms with E-state index in [0.29, 0.717) is 11.1 Å². The standard InChI is InChI=1S/3C9H7N.2CH2NS.3CHNS.Cu.4H3N/c3*1-2-6-9-8(4-1)5-3-7-10-9;5*2-1-3;;;;;/h3*1-7H;2*1H,(H-,2,3);3*3H;;4*1H3/q;;;2*-1;;;;+2;;;;/p-2. The second-order valence-corrected chi connectivity index (χ2v) is 8.12. The fourth-order valence-electron chi connectivity index (χ4n) is 3.05. The van der Waals surface area contributed by atoms with Crippen molar-refractivity contribution >= 4 is 107 Å². The van der Waals surface area contributed by atoms with Gasteiger partial charge in [0, 0.05) is 34.7 Å². The molecule has 0 saturated heterocycles. The summed E-state index contributed by atoms with van der Waals surface area (Å²) in [4.78, 5) is 12.5. The minimum atomic E-state index is 0. The summed E-state index contributed by atoms with van der Waals surface area (Å²) >= 11 is 16.9. The molecule has 269 valence electrons. The summed E-state index contributed by atoms with van der Waals surface area (Å²) in [6.45, 7) is 0. The number of thiocyanates is 3. The van der Waals surface area contributed by atoms with E-state index in [0.717, 1.165) is 16.6 Å². The van der Waals surface area contributed by atoms with Gasteiger partial charge in [0.2, 0.25) is 0 Å². The van der Waals surface area contributed by atoms with Crippen molar-refractivity contribution in [3.05, 3.63) is 139 Å². The summed E-state index contributed by atoms with van der Waals surface area (Å²) in [6, 6.07) is 36.3. The molecule has 0 aliphatic heterocycles. The molecule has 0 saturated carbocycles. The molecule has 0 bridgehead atoms. The van der Waals surface area contributed by atoms with Crippen LogP contribution in [0.3, 0.4) is 0 Å². The first kappa shape index (κ1) is 60.8. The quantitative estimate of drug-likeness (QED) is 0.0189. The minimum absolute atomic E-state index is 0. The minimum Gasteiger partial charge on any atom is -0.835 e. The molecule has 12 nitrogen and oxygen atoms in total. The SMILES string of the molecule is N.N.N.N.N#CS.N#CS.N#CS.[Cu+2].[N-]=C[S-].[N-]=C[S-].c1ccc2ncccc2c1.c1ccc2ncccc2c1.c1ccc2ncccc2c1. The molecule has 50 heavy (non-hydrogen) atoms. The van der Waals surface area contributed by atoms with Gasteiger partial charge in [0.1, 0.15) is 16.2 Å². The monoisotopic (exact) mass is 813 g/mol. The van der Waals surface area contributed by atoms with Crippen LogP contribution in [-0.4, -0.2) is 26.0 Å². The van der Waals surface area contributed by atoms with Gasteiger partial charge in [-0.25, -0.2) is 0 Å². The van der Waals surface area contributed by atoms with Crippen molar-refractivity contribution in [2.24, 2.45) is 0 Å². The Kier molecular flexibility index (Phi) is 56.8. The molecule has 0 aliphatic carbocycles. The third-order valence-electron chi connectivity index (χ3n) is 4.54. The molecule has 3 aromatic heterocycles. The van der Waals surface area contributed by atoms with E-state index in [1.807, 2.05) is 91.4 Å². The first-order valence-corrected chi connectivity index (χ1v) is 14.4. The predicted molar refractivity (Wildman–Crippen MR) is 223 cm³/mol. The maximum atomic E-state index is 7.26. The number of thiol groups is 3. The van der Waals surface area contributed by atoms with Crippen LogP contribution in [0.4, 0.5) is 0 Å². The van der Waals surface area contributed by atoms with E-state index >= 15 is 0 Å². The third-order valence-corrected chi connectivity index (χ3v) is 4.54. The van der Waals surface area contributed by atoms with Crippen LogP contribution < -0.4 is 24.6 Å². The van der Waals surface area contributed by atoms with Gasteiger partial charge in [-0.15, -0.1) is 0 Å². The van der Waals surface area contributed by atoms with Gasteiger partial charge in [-0.1, -0.05) is 111 Å². The molecule has 0 atom stereocenters. The molecular formula is C32H38CuN12S5-2. The van der Waals surface area contributed by atoms with Crippen molar-refractivity contribution in [1.82, 2.24) is 39.6 Å². The van der Waals surface area contributed by atoms with Gasteiger partial charge in [0.15, 0.2) is 0 Å². The van der Waals surface area contributed by atoms with Gasteiger partial charge in [-0.05, 0) is 36.4 Å². The summed E-state index contributed by atoms with van der Waals surface area (Å²) in [5.74, 6) is 0. The zero-order chi connectivity index (χ0) is 34.0. The largest absolute Gasteiger partial charge is 2.00 e. The number of hydrogen-bond acceptors (Lipinski definition) is 15. The van der Waals surface area contributed by atoms with Crippen LogP contribution in [-0.2, 0) is 42.3 Å². The van der Waals surface area contributed by atoms with Crippen LogP contribution in [0.1, 0.15) is 0 Å². The summed E-state index contributed by atoms with van der Waals surface area (Å²) in [5.41, 5.74) is 4.35. The Balaban J connectivity index is -0.0000000892. The first-order chi connectivity index (χ1) is 22.0. The van der Waals surface area contributed by atoms with Gasteiger partial charge in [-0.2, -0.15) is 15.8 Å². The van der Waals surface area contributed by atoms with Crippen LogP contribution in [0.15, 0.2) is 128 Å². The number of para-hydroxylation sites is 3. The van der Waals surface area contributed by atoms with E-state index in [2.05, 4.69) is 114 Å². The zero-order valence-electron chi connectivity index (χ0n) is 26.6. The Morgan fingerprint density at radius 3 is 0.800 bits per heavy atom. The number of hydrogen-bond donors (Lipinski definition) is 7. The fraction of sp³-hybridized carbons (Fsp3) is 0. The van der Waals surface area contributed by atoms with Crippen LogP contribution in [0, 0.1) is 32.0 Å². The molecular weight excluding hydrogens is 776 g/mol. The molecule has 0 amide bonds. The van der Waals surface area contributed by atoms with Gasteiger partial charge < -0.3 is 71.8 Å². The van der Waals surface area contributed by atoms with Crippen LogP contribution in [0.5, 0.6) is 0 Å². The normalized spacial score (nSPS) is 6.96. The summed E-state index contributed by atoms with van der Waals surface area (Å²) in [5, 5.41) is 44.0. The number of aromatic nitrogens is 3. The van der Waals surface area contributed by atoms with Crippen molar-refractivity contribution in [3.8, 4) is 16.2 Å². The molecule has 0 fully saturated rings. The molecule has 3 aromatic carbocycles. The van der Waals surface area contributed by atoms with Gasteiger partial charge in [0.05, 0.1) is 16.6 Å². The van der Waals surface area contributed by atoms with E-state index in [1.165, 1.54) is 32.4 Å². The van der Waals surface area contributed by atoms with Crippen molar-refractivity contribution in [1.29, 1.82) is 15.8 Å². The number of nitrogens with zero attached hydrogens (tertiary/aromatic N) is 8. The Bertz CT molecular complexity index is 1380. The number of fused-ring (bicyclic) bond motifs is 3. The number of pyridine rings is 3. The maximum Gasteiger partial charge on any atom is 2.00 e. The maximum absolute atomic E-state index is 7.26. The molecule has 6 aromatic rings. The molecule has 12 N–H and O–H groups in total. The molecule has 18 heteroatoms. The Labute approximate surface area is 332 Å². The summed E-state index contributed by atoms with van der Waals surface area (Å²) < 4.78 is 0. The Hall–Kier alpha value is -4.45. The van der Waals surface area contributed by atoms with Crippen LogP contribution >= 0.6 is 37.9 Å². The van der Waals surface area contributed by atoms with E-state index in [9.17, 15) is 0 Å². The predicted octanol–water partition coefficient (Wildman–Crippen LogP) is 8.80. The Morgan fingerprint density at radius 2 is 0.620 bits per heavy atom. The van der Waals surface area contributed by atoms with Crippen LogP contribution in [0.25, 0.3) is 43.5 Å². The number of benzene rings is 3. The van der Waals surface area contributed by atoms with Gasteiger partial charge >= 0.3 is 17.1 Å². The average Bonchev–Trinajstić information content (AvgIpc) is 3.07. The van der Waals surface area contributed by atoms with E-state index in [-0.39, 0.29) is 41.7 Å². The molecule has 0 unspecified atom stereocenters.